The summed E-state index contributed by atoms with van der Waals surface area (Å²) < 4.78 is 10.2. The van der Waals surface area contributed by atoms with Crippen molar-refractivity contribution in [1.29, 1.82) is 5.26 Å². The summed E-state index contributed by atoms with van der Waals surface area (Å²) >= 11 is 1.23. The van der Waals surface area contributed by atoms with Gasteiger partial charge in [-0.05, 0) is 31.7 Å². The quantitative estimate of drug-likeness (QED) is 0.843. The van der Waals surface area contributed by atoms with Gasteiger partial charge >= 0.3 is 5.97 Å². The maximum Gasteiger partial charge on any atom is 0.344 e. The molecule has 0 fully saturated rings. The number of thiophene rings is 1. The Morgan fingerprint density at radius 2 is 2.30 bits per heavy atom. The highest BCUT2D eigenvalue weighted by Gasteiger charge is 2.25. The minimum atomic E-state index is -1.02. The third-order valence-corrected chi connectivity index (χ3v) is 3.98. The molecule has 0 aromatic carbocycles. The third kappa shape index (κ3) is 3.57. The van der Waals surface area contributed by atoms with Gasteiger partial charge in [0.2, 0.25) is 0 Å². The number of carbonyl (C=O) groups excluding carboxylic acids is 2. The molecule has 2 rings (SSSR count). The molecule has 0 bridgehead atoms. The van der Waals surface area contributed by atoms with Crippen molar-refractivity contribution in [3.8, 4) is 6.07 Å². The van der Waals surface area contributed by atoms with Crippen molar-refractivity contribution in [2.45, 2.75) is 33.3 Å². The molecule has 2 aromatic rings. The second-order valence-corrected chi connectivity index (χ2v) is 5.64. The summed E-state index contributed by atoms with van der Waals surface area (Å²) in [4.78, 5) is 24.3. The number of nitrogens with zero attached hydrogens (tertiary/aromatic N) is 2. The molecular formula is C15H15N3O4S. The van der Waals surface area contributed by atoms with Crippen LogP contribution in [-0.4, -0.2) is 23.1 Å². The number of aryl methyl sites for hydroxylation is 2. The van der Waals surface area contributed by atoms with E-state index in [2.05, 4.69) is 10.5 Å². The van der Waals surface area contributed by atoms with Gasteiger partial charge in [0.05, 0.1) is 11.3 Å². The molecule has 120 valence electrons. The lowest BCUT2D eigenvalue weighted by Gasteiger charge is -2.13. The van der Waals surface area contributed by atoms with Gasteiger partial charge in [0.15, 0.2) is 6.10 Å². The lowest BCUT2D eigenvalue weighted by molar-refractivity contribution is -0.123. The van der Waals surface area contributed by atoms with Crippen LogP contribution >= 0.6 is 11.3 Å². The molecule has 8 heteroatoms. The summed E-state index contributed by atoms with van der Waals surface area (Å²) in [5, 5.41) is 17.4. The summed E-state index contributed by atoms with van der Waals surface area (Å²) in [6.45, 7) is 4.91. The lowest BCUT2D eigenvalue weighted by Crippen LogP contribution is -2.30. The van der Waals surface area contributed by atoms with Crippen LogP contribution in [0, 0.1) is 18.3 Å². The van der Waals surface area contributed by atoms with E-state index in [1.165, 1.54) is 18.3 Å². The Hall–Kier alpha value is -2.66. The molecule has 0 aliphatic carbocycles. The van der Waals surface area contributed by atoms with Crippen molar-refractivity contribution in [2.24, 2.45) is 0 Å². The lowest BCUT2D eigenvalue weighted by atomic mass is 10.1. The summed E-state index contributed by atoms with van der Waals surface area (Å²) in [5.74, 6) is -0.816. The second kappa shape index (κ2) is 7.07. The number of nitrogens with one attached hydrogen (secondary N) is 1. The van der Waals surface area contributed by atoms with Crippen LogP contribution < -0.4 is 5.32 Å². The molecule has 1 unspecified atom stereocenters. The molecule has 23 heavy (non-hydrogen) atoms. The molecule has 0 saturated heterocycles. The second-order valence-electron chi connectivity index (χ2n) is 4.73. The number of amides is 1. The van der Waals surface area contributed by atoms with Crippen LogP contribution in [0.5, 0.6) is 0 Å². The Kier molecular flexibility index (Phi) is 5.13. The molecule has 0 saturated carbocycles. The minimum absolute atomic E-state index is 0.251. The van der Waals surface area contributed by atoms with Crippen molar-refractivity contribution >= 4 is 28.2 Å². The van der Waals surface area contributed by atoms with Crippen LogP contribution in [0.1, 0.15) is 41.2 Å². The average Bonchev–Trinajstić information content (AvgIpc) is 3.12. The Morgan fingerprint density at radius 3 is 2.96 bits per heavy atom. The third-order valence-electron chi connectivity index (χ3n) is 3.15. The van der Waals surface area contributed by atoms with Gasteiger partial charge in [-0.2, -0.15) is 5.26 Å². The van der Waals surface area contributed by atoms with E-state index in [1.54, 1.807) is 18.4 Å². The van der Waals surface area contributed by atoms with Crippen LogP contribution in [0.15, 0.2) is 16.0 Å². The maximum atomic E-state index is 12.2. The molecule has 0 aliphatic rings. The monoisotopic (exact) mass is 333 g/mol. The van der Waals surface area contributed by atoms with E-state index in [-0.39, 0.29) is 5.56 Å². The van der Waals surface area contributed by atoms with E-state index in [1.807, 2.05) is 13.0 Å². The minimum Gasteiger partial charge on any atom is -0.449 e. The summed E-state index contributed by atoms with van der Waals surface area (Å²) in [5.41, 5.74) is 1.11. The molecule has 0 radical (unpaired) electrons. The fourth-order valence-electron chi connectivity index (χ4n) is 1.90. The average molecular weight is 333 g/mol. The predicted octanol–water partition coefficient (Wildman–Crippen LogP) is 2.66. The highest BCUT2D eigenvalue weighted by molar-refractivity contribution is 7.14. The van der Waals surface area contributed by atoms with E-state index in [0.29, 0.717) is 28.4 Å². The fourth-order valence-corrected chi connectivity index (χ4v) is 2.64. The number of rotatable bonds is 5. The molecule has 0 aliphatic heterocycles. The molecule has 1 atom stereocenters. The van der Waals surface area contributed by atoms with E-state index in [0.717, 1.165) is 0 Å². The highest BCUT2D eigenvalue weighted by Crippen LogP contribution is 2.23. The van der Waals surface area contributed by atoms with Gasteiger partial charge in [0.1, 0.15) is 22.4 Å². The maximum absolute atomic E-state index is 12.2. The van der Waals surface area contributed by atoms with E-state index in [4.69, 9.17) is 14.5 Å². The summed E-state index contributed by atoms with van der Waals surface area (Å²) in [6, 6.07) is 3.57. The SMILES string of the molecule is CCc1noc(C)c1C(=O)OC(C)C(=O)Nc1sccc1C#N. The molecule has 7 nitrogen and oxygen atoms in total. The van der Waals surface area contributed by atoms with Gasteiger partial charge in [-0.15, -0.1) is 11.3 Å². The largest absolute Gasteiger partial charge is 0.449 e. The molecular weight excluding hydrogens is 318 g/mol. The van der Waals surface area contributed by atoms with Crippen LogP contribution in [0.2, 0.25) is 0 Å². The van der Waals surface area contributed by atoms with Crippen LogP contribution in [0.4, 0.5) is 5.00 Å². The number of carbonyl (C=O) groups is 2. The van der Waals surface area contributed by atoms with Gasteiger partial charge < -0.3 is 14.6 Å². The zero-order chi connectivity index (χ0) is 17.0. The van der Waals surface area contributed by atoms with Crippen molar-refractivity contribution in [1.82, 2.24) is 5.16 Å². The number of hydrogen-bond donors (Lipinski definition) is 1. The van der Waals surface area contributed by atoms with E-state index >= 15 is 0 Å². The topological polar surface area (TPSA) is 105 Å². The van der Waals surface area contributed by atoms with Gasteiger partial charge in [0, 0.05) is 0 Å². The first kappa shape index (κ1) is 16.7. The zero-order valence-corrected chi connectivity index (χ0v) is 13.7. The fraction of sp³-hybridized carbons (Fsp3) is 0.333. The summed E-state index contributed by atoms with van der Waals surface area (Å²) in [6.07, 6.45) is -0.501. The van der Waals surface area contributed by atoms with Crippen LogP contribution in [0.3, 0.4) is 0 Å². The Morgan fingerprint density at radius 1 is 1.57 bits per heavy atom. The molecule has 0 spiro atoms. The Bertz CT molecular complexity index is 772. The molecule has 2 heterocycles. The number of esters is 1. The first-order valence-electron chi connectivity index (χ1n) is 6.92. The highest BCUT2D eigenvalue weighted by atomic mass is 32.1. The van der Waals surface area contributed by atoms with Crippen molar-refractivity contribution in [3.05, 3.63) is 34.0 Å². The van der Waals surface area contributed by atoms with Gasteiger partial charge in [-0.1, -0.05) is 12.1 Å². The predicted molar refractivity (Wildman–Crippen MR) is 83.2 cm³/mol. The van der Waals surface area contributed by atoms with Gasteiger partial charge in [-0.3, -0.25) is 4.79 Å². The van der Waals surface area contributed by atoms with Crippen LogP contribution in [-0.2, 0) is 16.0 Å². The van der Waals surface area contributed by atoms with E-state index < -0.39 is 18.0 Å². The number of ether oxygens (including phenoxy) is 1. The first-order chi connectivity index (χ1) is 11.0. The zero-order valence-electron chi connectivity index (χ0n) is 12.9. The Balaban J connectivity index is 2.05. The standard InChI is InChI=1S/C15H15N3O4S/c1-4-11-12(8(2)22-18-11)15(20)21-9(3)13(19)17-14-10(7-16)5-6-23-14/h5-6,9H,4H2,1-3H3,(H,17,19). The summed E-state index contributed by atoms with van der Waals surface area (Å²) in [7, 11) is 0. The number of anilines is 1. The van der Waals surface area contributed by atoms with Crippen molar-refractivity contribution < 1.29 is 18.8 Å². The van der Waals surface area contributed by atoms with Crippen molar-refractivity contribution in [2.75, 3.05) is 5.32 Å². The van der Waals surface area contributed by atoms with Gasteiger partial charge in [-0.25, -0.2) is 4.79 Å². The normalized spacial score (nSPS) is 11.6. The number of hydrogen-bond acceptors (Lipinski definition) is 7. The number of aromatic nitrogens is 1. The Labute approximate surface area is 136 Å². The first-order valence-corrected chi connectivity index (χ1v) is 7.80. The molecule has 1 N–H and O–H groups in total. The molecule has 1 amide bonds. The number of nitriles is 1. The van der Waals surface area contributed by atoms with Crippen LogP contribution in [0.25, 0.3) is 0 Å². The van der Waals surface area contributed by atoms with Crippen molar-refractivity contribution in [3.63, 3.8) is 0 Å². The smallest absolute Gasteiger partial charge is 0.344 e. The van der Waals surface area contributed by atoms with E-state index in [9.17, 15) is 9.59 Å². The molecule has 2 aromatic heterocycles. The van der Waals surface area contributed by atoms with Gasteiger partial charge in [0.25, 0.3) is 5.91 Å².